The number of methoxy groups -OCH3 is 1. The van der Waals surface area contributed by atoms with Crippen molar-refractivity contribution in [2.75, 3.05) is 12.4 Å². The van der Waals surface area contributed by atoms with Crippen LogP contribution in [0.15, 0.2) is 54.6 Å². The van der Waals surface area contributed by atoms with Gasteiger partial charge in [0.1, 0.15) is 5.75 Å². The van der Waals surface area contributed by atoms with E-state index in [1.807, 2.05) is 60.7 Å². The van der Waals surface area contributed by atoms with E-state index in [1.165, 1.54) is 0 Å². The molecule has 3 rings (SSSR count). The van der Waals surface area contributed by atoms with Gasteiger partial charge in [-0.25, -0.2) is 0 Å². The van der Waals surface area contributed by atoms with Crippen LogP contribution in [0.1, 0.15) is 17.2 Å². The molecule has 0 fully saturated rings. The van der Waals surface area contributed by atoms with Crippen LogP contribution in [0.5, 0.6) is 5.75 Å². The molecule has 21 heavy (non-hydrogen) atoms. The second-order valence-corrected chi connectivity index (χ2v) is 4.83. The molecular formula is C17H18ClNO2. The van der Waals surface area contributed by atoms with Crippen LogP contribution in [0.3, 0.4) is 0 Å². The molecule has 0 aromatic heterocycles. The zero-order chi connectivity index (χ0) is 13.9. The summed E-state index contributed by atoms with van der Waals surface area (Å²) >= 11 is 0. The van der Waals surface area contributed by atoms with Gasteiger partial charge in [0, 0.05) is 5.69 Å². The molecule has 1 heterocycles. The van der Waals surface area contributed by atoms with Crippen molar-refractivity contribution in [1.29, 1.82) is 0 Å². The molecule has 0 spiro atoms. The van der Waals surface area contributed by atoms with Crippen molar-refractivity contribution in [2.45, 2.75) is 12.1 Å². The standard InChI is InChI=1S/C17H17NO2.ClH/c1-20-14-9-6-13(7-10-14)17-16(19)11-8-12-4-2-3-5-15(12)18-17;/h2-11,16-19H,1H3;1H/t16-,17-;/m0./s1. The summed E-state index contributed by atoms with van der Waals surface area (Å²) < 4.78 is 5.17. The predicted molar refractivity (Wildman–Crippen MR) is 88.1 cm³/mol. The Morgan fingerprint density at radius 1 is 1.05 bits per heavy atom. The number of anilines is 1. The van der Waals surface area contributed by atoms with Crippen molar-refractivity contribution in [3.8, 4) is 5.75 Å². The first-order valence-electron chi connectivity index (χ1n) is 6.64. The molecule has 3 nitrogen and oxygen atoms in total. The molecule has 2 N–H and O–H groups in total. The van der Waals surface area contributed by atoms with E-state index in [0.717, 1.165) is 22.6 Å². The van der Waals surface area contributed by atoms with E-state index in [2.05, 4.69) is 5.32 Å². The SMILES string of the molecule is COc1ccc([C@@H]2Nc3ccccc3C=C[C@@H]2O)cc1.Cl. The van der Waals surface area contributed by atoms with Crippen molar-refractivity contribution in [2.24, 2.45) is 0 Å². The van der Waals surface area contributed by atoms with Gasteiger partial charge in [-0.15, -0.1) is 12.4 Å². The fourth-order valence-corrected chi connectivity index (χ4v) is 2.43. The molecule has 4 heteroatoms. The first kappa shape index (κ1) is 15.4. The molecule has 1 aliphatic heterocycles. The van der Waals surface area contributed by atoms with Crippen molar-refractivity contribution < 1.29 is 9.84 Å². The summed E-state index contributed by atoms with van der Waals surface area (Å²) in [5.41, 5.74) is 3.14. The fourth-order valence-electron chi connectivity index (χ4n) is 2.43. The zero-order valence-electron chi connectivity index (χ0n) is 11.7. The average molecular weight is 304 g/mol. The number of aliphatic hydroxyl groups is 1. The minimum absolute atomic E-state index is 0. The van der Waals surface area contributed by atoms with Crippen LogP contribution < -0.4 is 10.1 Å². The third-order valence-corrected chi connectivity index (χ3v) is 3.56. The van der Waals surface area contributed by atoms with Gasteiger partial charge in [-0.3, -0.25) is 0 Å². The zero-order valence-corrected chi connectivity index (χ0v) is 12.5. The Hall–Kier alpha value is -1.97. The maximum absolute atomic E-state index is 10.3. The molecule has 0 saturated carbocycles. The number of nitrogens with one attached hydrogen (secondary N) is 1. The monoisotopic (exact) mass is 303 g/mol. The van der Waals surface area contributed by atoms with Crippen LogP contribution in [0.4, 0.5) is 5.69 Å². The number of hydrogen-bond acceptors (Lipinski definition) is 3. The highest BCUT2D eigenvalue weighted by atomic mass is 35.5. The molecule has 0 aliphatic carbocycles. The van der Waals surface area contributed by atoms with E-state index in [4.69, 9.17) is 4.74 Å². The number of rotatable bonds is 2. The summed E-state index contributed by atoms with van der Waals surface area (Å²) in [4.78, 5) is 0. The number of halogens is 1. The Morgan fingerprint density at radius 2 is 1.76 bits per heavy atom. The van der Waals surface area contributed by atoms with Crippen LogP contribution >= 0.6 is 12.4 Å². The highest BCUT2D eigenvalue weighted by Crippen LogP contribution is 2.30. The lowest BCUT2D eigenvalue weighted by Gasteiger charge is -2.22. The summed E-state index contributed by atoms with van der Waals surface area (Å²) in [5, 5.41) is 13.7. The van der Waals surface area contributed by atoms with Gasteiger partial charge in [0.05, 0.1) is 19.3 Å². The molecular weight excluding hydrogens is 286 g/mol. The van der Waals surface area contributed by atoms with Gasteiger partial charge in [-0.2, -0.15) is 0 Å². The summed E-state index contributed by atoms with van der Waals surface area (Å²) in [5.74, 6) is 0.813. The van der Waals surface area contributed by atoms with Gasteiger partial charge in [-0.05, 0) is 29.3 Å². The molecule has 2 aromatic rings. The van der Waals surface area contributed by atoms with Crippen molar-refractivity contribution in [1.82, 2.24) is 0 Å². The molecule has 0 unspecified atom stereocenters. The molecule has 2 atom stereocenters. The second-order valence-electron chi connectivity index (χ2n) is 4.83. The maximum Gasteiger partial charge on any atom is 0.118 e. The minimum atomic E-state index is -0.573. The molecule has 0 bridgehead atoms. The van der Waals surface area contributed by atoms with Crippen molar-refractivity contribution in [3.63, 3.8) is 0 Å². The van der Waals surface area contributed by atoms with Gasteiger partial charge in [-0.1, -0.05) is 42.5 Å². The lowest BCUT2D eigenvalue weighted by atomic mass is 10.0. The largest absolute Gasteiger partial charge is 0.497 e. The average Bonchev–Trinajstić information content (AvgIpc) is 2.67. The number of benzene rings is 2. The highest BCUT2D eigenvalue weighted by molar-refractivity contribution is 5.85. The topological polar surface area (TPSA) is 41.5 Å². The number of para-hydroxylation sites is 1. The van der Waals surface area contributed by atoms with Crippen LogP contribution in [-0.4, -0.2) is 18.3 Å². The van der Waals surface area contributed by atoms with Crippen molar-refractivity contribution >= 4 is 24.2 Å². The molecule has 1 aliphatic rings. The van der Waals surface area contributed by atoms with Gasteiger partial charge < -0.3 is 15.2 Å². The van der Waals surface area contributed by atoms with Crippen LogP contribution in [0.25, 0.3) is 6.08 Å². The molecule has 0 radical (unpaired) electrons. The van der Waals surface area contributed by atoms with E-state index >= 15 is 0 Å². The van der Waals surface area contributed by atoms with E-state index in [9.17, 15) is 5.11 Å². The Kier molecular flexibility index (Phi) is 4.89. The molecule has 0 amide bonds. The fraction of sp³-hybridized carbons (Fsp3) is 0.176. The minimum Gasteiger partial charge on any atom is -0.497 e. The summed E-state index contributed by atoms with van der Waals surface area (Å²) in [6, 6.07) is 15.6. The van der Waals surface area contributed by atoms with E-state index < -0.39 is 6.10 Å². The lowest BCUT2D eigenvalue weighted by molar-refractivity contribution is 0.201. The van der Waals surface area contributed by atoms with E-state index in [-0.39, 0.29) is 18.4 Å². The van der Waals surface area contributed by atoms with Gasteiger partial charge >= 0.3 is 0 Å². The second kappa shape index (κ2) is 6.66. The first-order chi connectivity index (χ1) is 9.78. The normalized spacial score (nSPS) is 19.7. The van der Waals surface area contributed by atoms with E-state index in [1.54, 1.807) is 7.11 Å². The molecule has 0 saturated heterocycles. The number of fused-ring (bicyclic) bond motifs is 1. The van der Waals surface area contributed by atoms with Gasteiger partial charge in [0.25, 0.3) is 0 Å². The van der Waals surface area contributed by atoms with Crippen LogP contribution in [0.2, 0.25) is 0 Å². The Balaban J connectivity index is 0.00000161. The van der Waals surface area contributed by atoms with Gasteiger partial charge in [0.2, 0.25) is 0 Å². The Morgan fingerprint density at radius 3 is 2.48 bits per heavy atom. The summed E-state index contributed by atoms with van der Waals surface area (Å²) in [6.07, 6.45) is 3.21. The van der Waals surface area contributed by atoms with Crippen LogP contribution in [0, 0.1) is 0 Å². The Bertz CT molecular complexity index is 625. The number of ether oxygens (including phenoxy) is 1. The van der Waals surface area contributed by atoms with Gasteiger partial charge in [0.15, 0.2) is 0 Å². The number of hydrogen-bond donors (Lipinski definition) is 2. The predicted octanol–water partition coefficient (Wildman–Crippen LogP) is 3.66. The third kappa shape index (κ3) is 3.20. The highest BCUT2D eigenvalue weighted by Gasteiger charge is 2.22. The maximum atomic E-state index is 10.3. The van der Waals surface area contributed by atoms with Crippen molar-refractivity contribution in [3.05, 3.63) is 65.7 Å². The summed E-state index contributed by atoms with van der Waals surface area (Å²) in [7, 11) is 1.65. The number of aliphatic hydroxyl groups excluding tert-OH is 1. The lowest BCUT2D eigenvalue weighted by Crippen LogP contribution is -2.22. The third-order valence-electron chi connectivity index (χ3n) is 3.56. The van der Waals surface area contributed by atoms with Crippen LogP contribution in [-0.2, 0) is 0 Å². The molecule has 2 aromatic carbocycles. The molecule has 110 valence electrons. The Labute approximate surface area is 130 Å². The quantitative estimate of drug-likeness (QED) is 0.889. The first-order valence-corrected chi connectivity index (χ1v) is 6.64. The summed E-state index contributed by atoms with van der Waals surface area (Å²) in [6.45, 7) is 0. The van der Waals surface area contributed by atoms with E-state index in [0.29, 0.717) is 0 Å². The smallest absolute Gasteiger partial charge is 0.118 e.